The minimum absolute atomic E-state index is 0.0178. The standard InChI is InChI=1S/C12H9BrN2O4S/c13-8-3-4-10(12(16)17)11(6-8)15-20(18,19)9-2-1-5-14-7-9/h1-7,15H,(H,16,17). The Bertz CT molecular complexity index is 747. The Morgan fingerprint density at radius 2 is 2.05 bits per heavy atom. The summed E-state index contributed by atoms with van der Waals surface area (Å²) < 4.78 is 27.1. The van der Waals surface area contributed by atoms with E-state index >= 15 is 0 Å². The fourth-order valence-corrected chi connectivity index (χ4v) is 2.89. The van der Waals surface area contributed by atoms with Crippen LogP contribution in [0, 0.1) is 0 Å². The molecule has 1 heterocycles. The predicted molar refractivity (Wildman–Crippen MR) is 76.1 cm³/mol. The molecule has 0 aliphatic heterocycles. The van der Waals surface area contributed by atoms with E-state index in [1.807, 2.05) is 0 Å². The molecule has 1 aromatic carbocycles. The maximum Gasteiger partial charge on any atom is 0.337 e. The van der Waals surface area contributed by atoms with Gasteiger partial charge in [-0.1, -0.05) is 15.9 Å². The van der Waals surface area contributed by atoms with Gasteiger partial charge in [0, 0.05) is 16.9 Å². The van der Waals surface area contributed by atoms with Crippen LogP contribution >= 0.6 is 15.9 Å². The summed E-state index contributed by atoms with van der Waals surface area (Å²) in [7, 11) is -3.88. The third kappa shape index (κ3) is 3.14. The molecule has 0 saturated heterocycles. The first-order chi connectivity index (χ1) is 9.40. The first-order valence-electron chi connectivity index (χ1n) is 5.36. The summed E-state index contributed by atoms with van der Waals surface area (Å²) >= 11 is 3.17. The highest BCUT2D eigenvalue weighted by Gasteiger charge is 2.18. The number of carboxylic acid groups (broad SMARTS) is 1. The van der Waals surface area contributed by atoms with E-state index in [9.17, 15) is 13.2 Å². The number of hydrogen-bond donors (Lipinski definition) is 2. The Hall–Kier alpha value is -1.93. The van der Waals surface area contributed by atoms with Gasteiger partial charge < -0.3 is 5.11 Å². The minimum Gasteiger partial charge on any atom is -0.478 e. The molecule has 20 heavy (non-hydrogen) atoms. The summed E-state index contributed by atoms with van der Waals surface area (Å²) in [5, 5.41) is 9.06. The minimum atomic E-state index is -3.88. The quantitative estimate of drug-likeness (QED) is 0.876. The van der Waals surface area contributed by atoms with Crippen LogP contribution in [0.2, 0.25) is 0 Å². The average molecular weight is 357 g/mol. The zero-order valence-corrected chi connectivity index (χ0v) is 12.3. The highest BCUT2D eigenvalue weighted by molar-refractivity contribution is 9.10. The van der Waals surface area contributed by atoms with E-state index in [0.717, 1.165) is 0 Å². The lowest BCUT2D eigenvalue weighted by atomic mass is 10.2. The number of carbonyl (C=O) groups is 1. The van der Waals surface area contributed by atoms with Gasteiger partial charge in [-0.3, -0.25) is 9.71 Å². The lowest BCUT2D eigenvalue weighted by Crippen LogP contribution is -2.15. The summed E-state index contributed by atoms with van der Waals surface area (Å²) in [5.41, 5.74) is -0.156. The van der Waals surface area contributed by atoms with Crippen LogP contribution in [0.1, 0.15) is 10.4 Å². The summed E-state index contributed by atoms with van der Waals surface area (Å²) in [6.07, 6.45) is 2.63. The summed E-state index contributed by atoms with van der Waals surface area (Å²) in [5.74, 6) is -1.22. The second kappa shape index (κ2) is 5.59. The van der Waals surface area contributed by atoms with E-state index in [-0.39, 0.29) is 16.1 Å². The summed E-state index contributed by atoms with van der Waals surface area (Å²) in [4.78, 5) is 14.8. The third-order valence-electron chi connectivity index (χ3n) is 2.40. The molecule has 0 aliphatic carbocycles. The first-order valence-corrected chi connectivity index (χ1v) is 7.63. The fraction of sp³-hybridized carbons (Fsp3) is 0. The van der Waals surface area contributed by atoms with Crippen molar-refractivity contribution in [2.45, 2.75) is 4.90 Å². The normalized spacial score (nSPS) is 11.1. The van der Waals surface area contributed by atoms with Gasteiger partial charge >= 0.3 is 5.97 Å². The molecule has 0 saturated carbocycles. The molecule has 0 radical (unpaired) electrons. The summed E-state index contributed by atoms with van der Waals surface area (Å²) in [6.45, 7) is 0. The lowest BCUT2D eigenvalue weighted by Gasteiger charge is -2.10. The number of aromatic nitrogens is 1. The molecule has 0 fully saturated rings. The number of anilines is 1. The molecule has 0 amide bonds. The van der Waals surface area contributed by atoms with Crippen molar-refractivity contribution in [1.82, 2.24) is 4.98 Å². The zero-order chi connectivity index (χ0) is 14.8. The molecule has 8 heteroatoms. The van der Waals surface area contributed by atoms with Gasteiger partial charge in [0.2, 0.25) is 0 Å². The number of nitrogens with one attached hydrogen (secondary N) is 1. The van der Waals surface area contributed by atoms with Crippen LogP contribution in [0.25, 0.3) is 0 Å². The maximum atomic E-state index is 12.1. The van der Waals surface area contributed by atoms with E-state index in [0.29, 0.717) is 4.47 Å². The number of rotatable bonds is 4. The Balaban J connectivity index is 2.44. The van der Waals surface area contributed by atoms with E-state index in [1.54, 1.807) is 0 Å². The summed E-state index contributed by atoms with van der Waals surface area (Å²) in [6, 6.07) is 7.07. The van der Waals surface area contributed by atoms with Crippen molar-refractivity contribution < 1.29 is 18.3 Å². The Labute approximate surface area is 123 Å². The second-order valence-corrected chi connectivity index (χ2v) is 6.39. The van der Waals surface area contributed by atoms with E-state index < -0.39 is 16.0 Å². The van der Waals surface area contributed by atoms with Gasteiger partial charge in [-0.05, 0) is 30.3 Å². The molecule has 2 rings (SSSR count). The second-order valence-electron chi connectivity index (χ2n) is 3.79. The van der Waals surface area contributed by atoms with E-state index in [4.69, 9.17) is 5.11 Å². The zero-order valence-electron chi connectivity index (χ0n) is 9.95. The van der Waals surface area contributed by atoms with Gasteiger partial charge in [0.1, 0.15) is 4.90 Å². The van der Waals surface area contributed by atoms with Crippen molar-refractivity contribution >= 4 is 37.6 Å². The Morgan fingerprint density at radius 1 is 1.30 bits per heavy atom. The molecule has 0 unspecified atom stereocenters. The van der Waals surface area contributed by atoms with Crippen LogP contribution in [-0.2, 0) is 10.0 Å². The van der Waals surface area contributed by atoms with E-state index in [1.165, 1.54) is 42.7 Å². The number of nitrogens with zero attached hydrogens (tertiary/aromatic N) is 1. The lowest BCUT2D eigenvalue weighted by molar-refractivity contribution is 0.0698. The first kappa shape index (κ1) is 14.5. The van der Waals surface area contributed by atoms with Crippen molar-refractivity contribution in [3.63, 3.8) is 0 Å². The van der Waals surface area contributed by atoms with E-state index in [2.05, 4.69) is 25.6 Å². The Kier molecular flexibility index (Phi) is 4.05. The fourth-order valence-electron chi connectivity index (χ4n) is 1.50. The molecule has 0 spiro atoms. The van der Waals surface area contributed by atoms with Crippen molar-refractivity contribution in [2.75, 3.05) is 4.72 Å². The maximum absolute atomic E-state index is 12.1. The smallest absolute Gasteiger partial charge is 0.337 e. The molecular weight excluding hydrogens is 348 g/mol. The topological polar surface area (TPSA) is 96.4 Å². The van der Waals surface area contributed by atoms with Crippen LogP contribution in [0.4, 0.5) is 5.69 Å². The van der Waals surface area contributed by atoms with Gasteiger partial charge in [-0.2, -0.15) is 0 Å². The number of carboxylic acids is 1. The third-order valence-corrected chi connectivity index (χ3v) is 4.25. The molecule has 0 bridgehead atoms. The number of sulfonamides is 1. The molecule has 104 valence electrons. The van der Waals surface area contributed by atoms with Crippen molar-refractivity contribution in [3.05, 3.63) is 52.8 Å². The van der Waals surface area contributed by atoms with Gasteiger partial charge in [0.25, 0.3) is 10.0 Å². The molecule has 2 N–H and O–H groups in total. The predicted octanol–water partition coefficient (Wildman–Crippen LogP) is 2.34. The molecule has 6 nitrogen and oxygen atoms in total. The molecule has 0 atom stereocenters. The Morgan fingerprint density at radius 3 is 2.65 bits per heavy atom. The van der Waals surface area contributed by atoms with Crippen LogP contribution < -0.4 is 4.72 Å². The van der Waals surface area contributed by atoms with Crippen molar-refractivity contribution in [1.29, 1.82) is 0 Å². The monoisotopic (exact) mass is 356 g/mol. The highest BCUT2D eigenvalue weighted by atomic mass is 79.9. The van der Waals surface area contributed by atoms with Crippen molar-refractivity contribution in [3.8, 4) is 0 Å². The highest BCUT2D eigenvalue weighted by Crippen LogP contribution is 2.24. The molecule has 2 aromatic rings. The van der Waals surface area contributed by atoms with Crippen LogP contribution in [0.15, 0.2) is 52.1 Å². The molecular formula is C12H9BrN2O4S. The van der Waals surface area contributed by atoms with Crippen molar-refractivity contribution in [2.24, 2.45) is 0 Å². The van der Waals surface area contributed by atoms with Crippen LogP contribution in [0.3, 0.4) is 0 Å². The van der Waals surface area contributed by atoms with Gasteiger partial charge in [-0.15, -0.1) is 0 Å². The SMILES string of the molecule is O=C(O)c1ccc(Br)cc1NS(=O)(=O)c1cccnc1. The number of halogens is 1. The van der Waals surface area contributed by atoms with Gasteiger partial charge in [0.15, 0.2) is 0 Å². The average Bonchev–Trinajstić information content (AvgIpc) is 2.39. The number of benzene rings is 1. The van der Waals surface area contributed by atoms with Gasteiger partial charge in [-0.25, -0.2) is 13.2 Å². The van der Waals surface area contributed by atoms with Crippen LogP contribution in [0.5, 0.6) is 0 Å². The van der Waals surface area contributed by atoms with Gasteiger partial charge in [0.05, 0.1) is 11.3 Å². The molecule has 1 aromatic heterocycles. The number of pyridine rings is 1. The van der Waals surface area contributed by atoms with Crippen LogP contribution in [-0.4, -0.2) is 24.5 Å². The number of aromatic carboxylic acids is 1. The molecule has 0 aliphatic rings. The largest absolute Gasteiger partial charge is 0.478 e. The number of hydrogen-bond acceptors (Lipinski definition) is 4.